The number of aryl methyl sites for hydroxylation is 2. The van der Waals surface area contributed by atoms with E-state index in [1.807, 2.05) is 50.2 Å². The van der Waals surface area contributed by atoms with E-state index < -0.39 is 5.97 Å². The number of carbonyl (C=O) groups excluding carboxylic acids is 1. The summed E-state index contributed by atoms with van der Waals surface area (Å²) in [6.07, 6.45) is 0. The molecule has 0 fully saturated rings. The maximum absolute atomic E-state index is 11.9. The smallest absolute Gasteiger partial charge is 0.344 e. The van der Waals surface area contributed by atoms with Crippen molar-refractivity contribution in [1.29, 1.82) is 0 Å². The highest BCUT2D eigenvalue weighted by Gasteiger charge is 2.12. The van der Waals surface area contributed by atoms with Gasteiger partial charge in [0.15, 0.2) is 13.2 Å². The molecule has 0 N–H and O–H groups in total. The molecular weight excluding hydrogens is 348 g/mol. The Morgan fingerprint density at radius 2 is 2.00 bits per heavy atom. The summed E-state index contributed by atoms with van der Waals surface area (Å²) in [6, 6.07) is 13.0. The zero-order valence-corrected chi connectivity index (χ0v) is 15.4. The highest BCUT2D eigenvalue weighted by molar-refractivity contribution is 5.71. The van der Waals surface area contributed by atoms with Gasteiger partial charge in [-0.3, -0.25) is 0 Å². The Bertz CT molecular complexity index is 936. The van der Waals surface area contributed by atoms with Crippen molar-refractivity contribution in [3.63, 3.8) is 0 Å². The molecule has 2 aromatic carbocycles. The van der Waals surface area contributed by atoms with Crippen molar-refractivity contribution in [3.05, 3.63) is 59.5 Å². The van der Waals surface area contributed by atoms with Crippen LogP contribution in [0.5, 0.6) is 11.5 Å². The Hall–Kier alpha value is -3.35. The Morgan fingerprint density at radius 1 is 1.15 bits per heavy atom. The fourth-order valence-corrected chi connectivity index (χ4v) is 2.47. The van der Waals surface area contributed by atoms with Gasteiger partial charge in [-0.2, -0.15) is 4.98 Å². The second-order valence-electron chi connectivity index (χ2n) is 5.96. The first-order valence-electron chi connectivity index (χ1n) is 8.38. The predicted molar refractivity (Wildman–Crippen MR) is 97.5 cm³/mol. The van der Waals surface area contributed by atoms with Crippen LogP contribution in [0.15, 0.2) is 47.0 Å². The summed E-state index contributed by atoms with van der Waals surface area (Å²) in [5.74, 6) is 1.42. The van der Waals surface area contributed by atoms with Crippen LogP contribution in [0.2, 0.25) is 0 Å². The fourth-order valence-electron chi connectivity index (χ4n) is 2.47. The summed E-state index contributed by atoms with van der Waals surface area (Å²) >= 11 is 0. The predicted octanol–water partition coefficient (Wildman–Crippen LogP) is 3.48. The fraction of sp³-hybridized carbons (Fsp3) is 0.250. The zero-order chi connectivity index (χ0) is 19.2. The third-order valence-corrected chi connectivity index (χ3v) is 3.83. The lowest BCUT2D eigenvalue weighted by molar-refractivity contribution is -0.148. The van der Waals surface area contributed by atoms with Crippen LogP contribution in [0.25, 0.3) is 11.4 Å². The number of aromatic nitrogens is 2. The minimum Gasteiger partial charge on any atom is -0.497 e. The molecular formula is C20H20N2O5. The van der Waals surface area contributed by atoms with Crippen molar-refractivity contribution in [3.8, 4) is 22.9 Å². The van der Waals surface area contributed by atoms with Crippen molar-refractivity contribution in [2.24, 2.45) is 0 Å². The van der Waals surface area contributed by atoms with Gasteiger partial charge in [-0.05, 0) is 37.6 Å². The monoisotopic (exact) mass is 368 g/mol. The van der Waals surface area contributed by atoms with E-state index in [-0.39, 0.29) is 19.1 Å². The van der Waals surface area contributed by atoms with Crippen molar-refractivity contribution in [2.75, 3.05) is 13.7 Å². The van der Waals surface area contributed by atoms with Crippen molar-refractivity contribution >= 4 is 5.97 Å². The Balaban J connectivity index is 1.52. The number of benzene rings is 2. The molecule has 0 aliphatic carbocycles. The number of rotatable bonds is 7. The van der Waals surface area contributed by atoms with Crippen molar-refractivity contribution in [2.45, 2.75) is 20.5 Å². The molecule has 3 rings (SSSR count). The van der Waals surface area contributed by atoms with E-state index in [1.54, 1.807) is 13.2 Å². The molecule has 7 nitrogen and oxygen atoms in total. The molecule has 0 spiro atoms. The van der Waals surface area contributed by atoms with E-state index in [2.05, 4.69) is 10.1 Å². The first-order chi connectivity index (χ1) is 13.0. The van der Waals surface area contributed by atoms with E-state index in [1.165, 1.54) is 0 Å². The van der Waals surface area contributed by atoms with Crippen LogP contribution in [-0.4, -0.2) is 29.8 Å². The Kier molecular flexibility index (Phi) is 5.71. The SMILES string of the molecule is COc1cccc(-c2noc(COC(=O)COc3ccc(C)cc3C)n2)c1. The van der Waals surface area contributed by atoms with Crippen LogP contribution in [0, 0.1) is 13.8 Å². The van der Waals surface area contributed by atoms with Gasteiger partial charge in [0, 0.05) is 5.56 Å². The van der Waals surface area contributed by atoms with Crippen LogP contribution in [0.3, 0.4) is 0 Å². The van der Waals surface area contributed by atoms with Crippen LogP contribution < -0.4 is 9.47 Å². The quantitative estimate of drug-likeness (QED) is 0.590. The Labute approximate surface area is 156 Å². The molecule has 7 heteroatoms. The number of hydrogen-bond acceptors (Lipinski definition) is 7. The van der Waals surface area contributed by atoms with Gasteiger partial charge < -0.3 is 18.7 Å². The summed E-state index contributed by atoms with van der Waals surface area (Å²) in [7, 11) is 1.58. The standard InChI is InChI=1S/C20H20N2O5/c1-13-7-8-17(14(2)9-13)25-12-19(23)26-11-18-21-20(22-27-18)15-5-4-6-16(10-15)24-3/h4-10H,11-12H2,1-3H3. The van der Waals surface area contributed by atoms with E-state index in [0.717, 1.165) is 16.7 Å². The minimum atomic E-state index is -0.517. The van der Waals surface area contributed by atoms with Crippen LogP contribution in [-0.2, 0) is 16.1 Å². The molecule has 1 aromatic heterocycles. The van der Waals surface area contributed by atoms with Gasteiger partial charge in [0.25, 0.3) is 5.89 Å². The maximum atomic E-state index is 11.9. The van der Waals surface area contributed by atoms with Gasteiger partial charge in [-0.25, -0.2) is 4.79 Å². The van der Waals surface area contributed by atoms with Gasteiger partial charge in [0.2, 0.25) is 5.82 Å². The average Bonchev–Trinajstić information content (AvgIpc) is 3.15. The van der Waals surface area contributed by atoms with E-state index in [0.29, 0.717) is 17.3 Å². The van der Waals surface area contributed by atoms with Crippen LogP contribution >= 0.6 is 0 Å². The highest BCUT2D eigenvalue weighted by Crippen LogP contribution is 2.21. The topological polar surface area (TPSA) is 83.7 Å². The number of hydrogen-bond donors (Lipinski definition) is 0. The number of esters is 1. The molecule has 1 heterocycles. The minimum absolute atomic E-state index is 0.119. The third-order valence-electron chi connectivity index (χ3n) is 3.83. The molecule has 0 amide bonds. The number of methoxy groups -OCH3 is 1. The summed E-state index contributed by atoms with van der Waals surface area (Å²) in [5.41, 5.74) is 2.84. The molecule has 27 heavy (non-hydrogen) atoms. The third kappa shape index (κ3) is 4.84. The lowest BCUT2D eigenvalue weighted by Gasteiger charge is -2.09. The second kappa shape index (κ2) is 8.35. The summed E-state index contributed by atoms with van der Waals surface area (Å²) in [5, 5.41) is 3.89. The second-order valence-corrected chi connectivity index (χ2v) is 5.96. The van der Waals surface area contributed by atoms with Crippen LogP contribution in [0.4, 0.5) is 0 Å². The van der Waals surface area contributed by atoms with Gasteiger partial charge in [-0.1, -0.05) is 35.0 Å². The first-order valence-corrected chi connectivity index (χ1v) is 8.38. The number of ether oxygens (including phenoxy) is 3. The van der Waals surface area contributed by atoms with E-state index in [4.69, 9.17) is 18.7 Å². The summed E-state index contributed by atoms with van der Waals surface area (Å²) < 4.78 is 20.9. The molecule has 0 saturated heterocycles. The first kappa shape index (κ1) is 18.4. The zero-order valence-electron chi connectivity index (χ0n) is 15.4. The number of nitrogens with zero attached hydrogens (tertiary/aromatic N) is 2. The van der Waals surface area contributed by atoms with Crippen LogP contribution in [0.1, 0.15) is 17.0 Å². The lowest BCUT2D eigenvalue weighted by Crippen LogP contribution is -2.15. The molecule has 0 aliphatic rings. The molecule has 140 valence electrons. The molecule has 0 radical (unpaired) electrons. The van der Waals surface area contributed by atoms with E-state index in [9.17, 15) is 4.79 Å². The highest BCUT2D eigenvalue weighted by atomic mass is 16.6. The number of carbonyl (C=O) groups is 1. The molecule has 0 bridgehead atoms. The molecule has 0 saturated carbocycles. The molecule has 3 aromatic rings. The molecule has 0 atom stereocenters. The molecule has 0 unspecified atom stereocenters. The maximum Gasteiger partial charge on any atom is 0.344 e. The van der Waals surface area contributed by atoms with Gasteiger partial charge in [0.1, 0.15) is 11.5 Å². The Morgan fingerprint density at radius 3 is 2.78 bits per heavy atom. The molecule has 0 aliphatic heterocycles. The lowest BCUT2D eigenvalue weighted by atomic mass is 10.1. The normalized spacial score (nSPS) is 10.5. The summed E-state index contributed by atoms with van der Waals surface area (Å²) in [6.45, 7) is 3.61. The van der Waals surface area contributed by atoms with Gasteiger partial charge in [-0.15, -0.1) is 0 Å². The van der Waals surface area contributed by atoms with Gasteiger partial charge >= 0.3 is 5.97 Å². The van der Waals surface area contributed by atoms with Crippen molar-refractivity contribution in [1.82, 2.24) is 10.1 Å². The summed E-state index contributed by atoms with van der Waals surface area (Å²) in [4.78, 5) is 16.1. The van der Waals surface area contributed by atoms with Gasteiger partial charge in [0.05, 0.1) is 7.11 Å². The van der Waals surface area contributed by atoms with Crippen molar-refractivity contribution < 1.29 is 23.5 Å². The van der Waals surface area contributed by atoms with E-state index >= 15 is 0 Å². The average molecular weight is 368 g/mol. The largest absolute Gasteiger partial charge is 0.497 e.